The Labute approximate surface area is 164 Å². The lowest BCUT2D eigenvalue weighted by atomic mass is 10.1. The molecule has 3 rings (SSSR count). The first-order valence-electron chi connectivity index (χ1n) is 7.69. The van der Waals surface area contributed by atoms with Crippen LogP contribution in [-0.2, 0) is 9.59 Å². The highest BCUT2D eigenvalue weighted by Crippen LogP contribution is 2.35. The fourth-order valence-corrected chi connectivity index (χ4v) is 3.48. The lowest BCUT2D eigenvalue weighted by molar-refractivity contribution is -0.122. The Morgan fingerprint density at radius 1 is 1.32 bits per heavy atom. The third kappa shape index (κ3) is 3.90. The number of halogens is 2. The zero-order chi connectivity index (χ0) is 18.0. The van der Waals surface area contributed by atoms with E-state index >= 15 is 0 Å². The second-order valence-electron chi connectivity index (χ2n) is 5.69. The predicted molar refractivity (Wildman–Crippen MR) is 106 cm³/mol. The first-order chi connectivity index (χ1) is 12.0. The van der Waals surface area contributed by atoms with Gasteiger partial charge in [0.1, 0.15) is 5.75 Å². The molecular weight excluding hydrogens is 455 g/mol. The van der Waals surface area contributed by atoms with E-state index in [1.165, 1.54) is 7.11 Å². The lowest BCUT2D eigenvalue weighted by Crippen LogP contribution is -2.28. The number of nitrogens with one attached hydrogen (secondary N) is 1. The molecule has 7 heteroatoms. The van der Waals surface area contributed by atoms with Gasteiger partial charge in [-0.1, -0.05) is 23.7 Å². The van der Waals surface area contributed by atoms with Crippen LogP contribution in [0, 0.1) is 9.49 Å². The average molecular weight is 471 g/mol. The number of rotatable bonds is 4. The van der Waals surface area contributed by atoms with Gasteiger partial charge in [-0.25, -0.2) is 0 Å². The van der Waals surface area contributed by atoms with E-state index in [1.807, 2.05) is 24.3 Å². The lowest BCUT2D eigenvalue weighted by Gasteiger charge is -2.20. The summed E-state index contributed by atoms with van der Waals surface area (Å²) >= 11 is 8.21. The summed E-state index contributed by atoms with van der Waals surface area (Å²) < 4.78 is 6.26. The highest BCUT2D eigenvalue weighted by molar-refractivity contribution is 14.1. The molecule has 25 heavy (non-hydrogen) atoms. The number of methoxy groups -OCH3 is 1. The molecule has 1 atom stereocenters. The minimum absolute atomic E-state index is 0.122. The number of ether oxygens (including phenoxy) is 1. The standard InChI is InChI=1S/C18H16ClIN2O3/c1-25-16-7-6-12(19)9-15(16)22-10-11(8-17(22)23)18(24)21-14-5-3-2-4-13(14)20/h2-7,9,11H,8,10H2,1H3,(H,21,24). The maximum atomic E-state index is 12.6. The topological polar surface area (TPSA) is 58.6 Å². The fraction of sp³-hybridized carbons (Fsp3) is 0.222. The molecule has 2 amide bonds. The molecule has 1 unspecified atom stereocenters. The van der Waals surface area contributed by atoms with Gasteiger partial charge in [0.25, 0.3) is 0 Å². The molecule has 0 aliphatic carbocycles. The summed E-state index contributed by atoms with van der Waals surface area (Å²) in [5, 5.41) is 3.41. The van der Waals surface area contributed by atoms with E-state index in [9.17, 15) is 9.59 Å². The van der Waals surface area contributed by atoms with Gasteiger partial charge in [0.05, 0.1) is 24.4 Å². The molecule has 0 radical (unpaired) electrons. The number of anilines is 2. The van der Waals surface area contributed by atoms with E-state index in [0.717, 1.165) is 9.26 Å². The van der Waals surface area contributed by atoms with Crippen LogP contribution in [0.4, 0.5) is 11.4 Å². The smallest absolute Gasteiger partial charge is 0.229 e. The van der Waals surface area contributed by atoms with Gasteiger partial charge in [-0.05, 0) is 52.9 Å². The Kier molecular flexibility index (Phi) is 5.48. The maximum absolute atomic E-state index is 12.6. The highest BCUT2D eigenvalue weighted by Gasteiger charge is 2.36. The van der Waals surface area contributed by atoms with Crippen LogP contribution in [0.25, 0.3) is 0 Å². The second kappa shape index (κ2) is 7.61. The molecule has 1 saturated heterocycles. The molecule has 0 spiro atoms. The van der Waals surface area contributed by atoms with Gasteiger partial charge < -0.3 is 15.0 Å². The van der Waals surface area contributed by atoms with Crippen molar-refractivity contribution in [3.63, 3.8) is 0 Å². The number of benzene rings is 2. The van der Waals surface area contributed by atoms with Crippen LogP contribution in [0.5, 0.6) is 5.75 Å². The van der Waals surface area contributed by atoms with Gasteiger partial charge in [0.2, 0.25) is 11.8 Å². The van der Waals surface area contributed by atoms with Gasteiger partial charge in [-0.15, -0.1) is 0 Å². The Morgan fingerprint density at radius 3 is 2.80 bits per heavy atom. The van der Waals surface area contributed by atoms with E-state index < -0.39 is 5.92 Å². The summed E-state index contributed by atoms with van der Waals surface area (Å²) in [6.45, 7) is 0.296. The summed E-state index contributed by atoms with van der Waals surface area (Å²) in [5.74, 6) is -0.159. The molecule has 2 aromatic rings. The molecule has 1 aliphatic heterocycles. The SMILES string of the molecule is COc1ccc(Cl)cc1N1CC(C(=O)Nc2ccccc2I)CC1=O. The van der Waals surface area contributed by atoms with E-state index in [4.69, 9.17) is 16.3 Å². The summed E-state index contributed by atoms with van der Waals surface area (Å²) in [6, 6.07) is 12.6. The van der Waals surface area contributed by atoms with Crippen molar-refractivity contribution in [2.24, 2.45) is 5.92 Å². The zero-order valence-corrected chi connectivity index (χ0v) is 16.4. The van der Waals surface area contributed by atoms with Crippen LogP contribution in [0.2, 0.25) is 5.02 Å². The molecule has 1 N–H and O–H groups in total. The number of amides is 2. The minimum atomic E-state index is -0.424. The molecule has 130 valence electrons. The third-order valence-corrected chi connectivity index (χ3v) is 5.24. The van der Waals surface area contributed by atoms with E-state index in [-0.39, 0.29) is 18.2 Å². The van der Waals surface area contributed by atoms with Crippen LogP contribution in [0.1, 0.15) is 6.42 Å². The highest BCUT2D eigenvalue weighted by atomic mass is 127. The molecule has 0 saturated carbocycles. The van der Waals surface area contributed by atoms with Crippen LogP contribution in [0.15, 0.2) is 42.5 Å². The van der Waals surface area contributed by atoms with Crippen molar-refractivity contribution in [1.82, 2.24) is 0 Å². The summed E-state index contributed by atoms with van der Waals surface area (Å²) in [5.41, 5.74) is 1.34. The van der Waals surface area contributed by atoms with Gasteiger partial charge in [0.15, 0.2) is 0 Å². The van der Waals surface area contributed by atoms with Crippen molar-refractivity contribution in [2.75, 3.05) is 23.9 Å². The average Bonchev–Trinajstić information content (AvgIpc) is 2.98. The Hall–Kier alpha value is -1.80. The molecular formula is C18H16ClIN2O3. The first-order valence-corrected chi connectivity index (χ1v) is 9.14. The van der Waals surface area contributed by atoms with Gasteiger partial charge in [0, 0.05) is 21.6 Å². The number of carbonyl (C=O) groups excluding carboxylic acids is 2. The third-order valence-electron chi connectivity index (χ3n) is 4.06. The number of nitrogens with zero attached hydrogens (tertiary/aromatic N) is 1. The van der Waals surface area contributed by atoms with E-state index in [2.05, 4.69) is 27.9 Å². The second-order valence-corrected chi connectivity index (χ2v) is 7.29. The number of hydrogen-bond acceptors (Lipinski definition) is 3. The summed E-state index contributed by atoms with van der Waals surface area (Å²) in [6.07, 6.45) is 0.158. The number of para-hydroxylation sites is 1. The van der Waals surface area contributed by atoms with E-state index in [0.29, 0.717) is 23.0 Å². The Morgan fingerprint density at radius 2 is 2.08 bits per heavy atom. The van der Waals surface area contributed by atoms with Crippen LogP contribution in [0.3, 0.4) is 0 Å². The predicted octanol–water partition coefficient (Wildman–Crippen LogP) is 3.94. The largest absolute Gasteiger partial charge is 0.495 e. The first kappa shape index (κ1) is 18.0. The zero-order valence-electron chi connectivity index (χ0n) is 13.5. The quantitative estimate of drug-likeness (QED) is 0.689. The molecule has 0 bridgehead atoms. The van der Waals surface area contributed by atoms with Crippen molar-refractivity contribution < 1.29 is 14.3 Å². The number of carbonyl (C=O) groups is 2. The Balaban J connectivity index is 1.78. The molecule has 0 aromatic heterocycles. The van der Waals surface area contributed by atoms with Crippen LogP contribution >= 0.6 is 34.2 Å². The van der Waals surface area contributed by atoms with Gasteiger partial charge >= 0.3 is 0 Å². The molecule has 2 aromatic carbocycles. The molecule has 1 aliphatic rings. The molecule has 5 nitrogen and oxygen atoms in total. The minimum Gasteiger partial charge on any atom is -0.495 e. The van der Waals surface area contributed by atoms with Gasteiger partial charge in [-0.2, -0.15) is 0 Å². The summed E-state index contributed by atoms with van der Waals surface area (Å²) in [4.78, 5) is 26.6. The van der Waals surface area contributed by atoms with Crippen molar-refractivity contribution in [2.45, 2.75) is 6.42 Å². The van der Waals surface area contributed by atoms with Gasteiger partial charge in [-0.3, -0.25) is 9.59 Å². The van der Waals surface area contributed by atoms with Crippen molar-refractivity contribution >= 4 is 57.4 Å². The van der Waals surface area contributed by atoms with Crippen molar-refractivity contribution in [1.29, 1.82) is 0 Å². The monoisotopic (exact) mass is 470 g/mol. The normalized spacial score (nSPS) is 16.8. The molecule has 1 fully saturated rings. The van der Waals surface area contributed by atoms with Crippen molar-refractivity contribution in [3.8, 4) is 5.75 Å². The summed E-state index contributed by atoms with van der Waals surface area (Å²) in [7, 11) is 1.54. The van der Waals surface area contributed by atoms with Crippen LogP contribution < -0.4 is 15.0 Å². The van der Waals surface area contributed by atoms with Crippen molar-refractivity contribution in [3.05, 3.63) is 51.1 Å². The fourth-order valence-electron chi connectivity index (χ4n) is 2.79. The number of hydrogen-bond donors (Lipinski definition) is 1. The maximum Gasteiger partial charge on any atom is 0.229 e. The Bertz CT molecular complexity index is 828. The van der Waals surface area contributed by atoms with Crippen LogP contribution in [-0.4, -0.2) is 25.5 Å². The van der Waals surface area contributed by atoms with E-state index in [1.54, 1.807) is 23.1 Å². The molecule has 1 heterocycles.